The second-order valence-electron chi connectivity index (χ2n) is 6.43. The lowest BCUT2D eigenvalue weighted by Gasteiger charge is -2.23. The average Bonchev–Trinajstić information content (AvgIpc) is 3.32. The predicted octanol–water partition coefficient (Wildman–Crippen LogP) is 2.06. The number of furan rings is 1. The molecule has 0 unspecified atom stereocenters. The summed E-state index contributed by atoms with van der Waals surface area (Å²) in [5.41, 5.74) is -0.279. The largest absolute Gasteiger partial charge is 0.472 e. The van der Waals surface area contributed by atoms with Crippen molar-refractivity contribution in [3.8, 4) is 5.88 Å². The van der Waals surface area contributed by atoms with Crippen LogP contribution in [-0.2, 0) is 16.0 Å². The van der Waals surface area contributed by atoms with Crippen LogP contribution in [0.2, 0.25) is 0 Å². The number of carbonyl (C=O) groups excluding carboxylic acids is 1. The zero-order valence-corrected chi connectivity index (χ0v) is 13.4. The maximum atomic E-state index is 12.4. The van der Waals surface area contributed by atoms with E-state index in [0.717, 1.165) is 19.4 Å². The number of hydrogen-bond acceptors (Lipinski definition) is 5. The quantitative estimate of drug-likeness (QED) is 0.859. The summed E-state index contributed by atoms with van der Waals surface area (Å²) in [5.74, 6) is 1.40. The van der Waals surface area contributed by atoms with E-state index in [1.165, 1.54) is 0 Å². The van der Waals surface area contributed by atoms with Crippen molar-refractivity contribution < 1.29 is 18.7 Å². The minimum Gasteiger partial charge on any atom is -0.472 e. The fourth-order valence-corrected chi connectivity index (χ4v) is 3.48. The lowest BCUT2D eigenvalue weighted by molar-refractivity contribution is -0.130. The van der Waals surface area contributed by atoms with Gasteiger partial charge in [0.2, 0.25) is 11.8 Å². The van der Waals surface area contributed by atoms with Crippen molar-refractivity contribution in [1.82, 2.24) is 9.88 Å². The minimum absolute atomic E-state index is 0.0139. The Hall–Kier alpha value is -2.34. The number of amides is 1. The summed E-state index contributed by atoms with van der Waals surface area (Å²) in [4.78, 5) is 18.5. The molecule has 2 fully saturated rings. The SMILES string of the molecule is O=C(Cc1ccco1)N1CC[C@]2(C[C@H](Oc3ccccn3)CO2)C1. The molecule has 2 aliphatic heterocycles. The second kappa shape index (κ2) is 6.28. The van der Waals surface area contributed by atoms with Crippen molar-refractivity contribution in [3.05, 3.63) is 48.6 Å². The molecule has 2 atom stereocenters. The van der Waals surface area contributed by atoms with E-state index in [9.17, 15) is 4.79 Å². The van der Waals surface area contributed by atoms with Crippen LogP contribution in [-0.4, -0.2) is 47.2 Å². The molecule has 4 heterocycles. The van der Waals surface area contributed by atoms with Gasteiger partial charge in [0.15, 0.2) is 0 Å². The molecule has 24 heavy (non-hydrogen) atoms. The second-order valence-corrected chi connectivity index (χ2v) is 6.43. The number of pyridine rings is 1. The van der Waals surface area contributed by atoms with Crippen LogP contribution < -0.4 is 4.74 Å². The molecule has 0 bridgehead atoms. The summed E-state index contributed by atoms with van der Waals surface area (Å²) in [6.45, 7) is 1.88. The van der Waals surface area contributed by atoms with Gasteiger partial charge in [-0.25, -0.2) is 4.98 Å². The molecule has 4 rings (SSSR count). The number of carbonyl (C=O) groups is 1. The fraction of sp³-hybridized carbons (Fsp3) is 0.444. The highest BCUT2D eigenvalue weighted by Crippen LogP contribution is 2.36. The van der Waals surface area contributed by atoms with Gasteiger partial charge in [-0.15, -0.1) is 0 Å². The van der Waals surface area contributed by atoms with Crippen molar-refractivity contribution in [2.75, 3.05) is 19.7 Å². The molecule has 126 valence electrons. The van der Waals surface area contributed by atoms with Crippen molar-refractivity contribution >= 4 is 5.91 Å². The molecule has 6 nitrogen and oxygen atoms in total. The summed E-state index contributed by atoms with van der Waals surface area (Å²) in [6, 6.07) is 9.23. The van der Waals surface area contributed by atoms with Crippen LogP contribution in [0.4, 0.5) is 0 Å². The standard InChI is InChI=1S/C18H20N2O4/c21-17(10-14-4-3-9-22-14)20-8-6-18(13-20)11-15(12-23-18)24-16-5-1-2-7-19-16/h1-5,7,9,15H,6,8,10-13H2/t15-,18-/m0/s1. The normalized spacial score (nSPS) is 26.2. The average molecular weight is 328 g/mol. The van der Waals surface area contributed by atoms with E-state index in [-0.39, 0.29) is 17.6 Å². The van der Waals surface area contributed by atoms with E-state index >= 15 is 0 Å². The highest BCUT2D eigenvalue weighted by atomic mass is 16.6. The van der Waals surface area contributed by atoms with Gasteiger partial charge in [-0.3, -0.25) is 4.79 Å². The Balaban J connectivity index is 1.33. The van der Waals surface area contributed by atoms with Gasteiger partial charge in [-0.2, -0.15) is 0 Å². The fourth-order valence-electron chi connectivity index (χ4n) is 3.48. The van der Waals surface area contributed by atoms with E-state index in [2.05, 4.69) is 4.98 Å². The molecule has 6 heteroatoms. The smallest absolute Gasteiger partial charge is 0.230 e. The van der Waals surface area contributed by atoms with E-state index in [4.69, 9.17) is 13.9 Å². The Bertz CT molecular complexity index is 688. The lowest BCUT2D eigenvalue weighted by atomic mass is 9.98. The number of nitrogens with zero attached hydrogens (tertiary/aromatic N) is 2. The van der Waals surface area contributed by atoms with Crippen molar-refractivity contribution in [1.29, 1.82) is 0 Å². The van der Waals surface area contributed by atoms with Gasteiger partial charge in [-0.1, -0.05) is 6.07 Å². The Morgan fingerprint density at radius 1 is 1.38 bits per heavy atom. The van der Waals surface area contributed by atoms with Crippen LogP contribution in [0, 0.1) is 0 Å². The molecule has 2 aromatic heterocycles. The first-order chi connectivity index (χ1) is 11.7. The van der Waals surface area contributed by atoms with Crippen LogP contribution in [0.25, 0.3) is 0 Å². The topological polar surface area (TPSA) is 64.8 Å². The number of rotatable bonds is 4. The molecule has 0 aromatic carbocycles. The molecule has 2 saturated heterocycles. The predicted molar refractivity (Wildman–Crippen MR) is 85.6 cm³/mol. The van der Waals surface area contributed by atoms with Crippen LogP contribution in [0.1, 0.15) is 18.6 Å². The monoisotopic (exact) mass is 328 g/mol. The van der Waals surface area contributed by atoms with Gasteiger partial charge in [0.05, 0.1) is 24.9 Å². The van der Waals surface area contributed by atoms with Crippen molar-refractivity contribution in [2.45, 2.75) is 31.0 Å². The zero-order chi connectivity index (χ0) is 16.4. The third kappa shape index (κ3) is 3.14. The van der Waals surface area contributed by atoms with E-state index < -0.39 is 0 Å². The number of hydrogen-bond donors (Lipinski definition) is 0. The van der Waals surface area contributed by atoms with Gasteiger partial charge in [0.1, 0.15) is 11.9 Å². The molecule has 1 amide bonds. The first kappa shape index (κ1) is 15.2. The Labute approximate surface area is 140 Å². The minimum atomic E-state index is -0.279. The highest BCUT2D eigenvalue weighted by Gasteiger charge is 2.47. The Morgan fingerprint density at radius 2 is 2.33 bits per heavy atom. The maximum Gasteiger partial charge on any atom is 0.230 e. The molecule has 0 radical (unpaired) electrons. The zero-order valence-electron chi connectivity index (χ0n) is 13.4. The van der Waals surface area contributed by atoms with Gasteiger partial charge >= 0.3 is 0 Å². The molecule has 0 N–H and O–H groups in total. The molecule has 2 aromatic rings. The summed E-state index contributed by atoms with van der Waals surface area (Å²) < 4.78 is 17.2. The molecule has 0 aliphatic carbocycles. The summed E-state index contributed by atoms with van der Waals surface area (Å²) in [7, 11) is 0. The molecule has 1 spiro atoms. The first-order valence-electron chi connectivity index (χ1n) is 8.24. The van der Waals surface area contributed by atoms with Crippen LogP contribution in [0.5, 0.6) is 5.88 Å². The number of ether oxygens (including phenoxy) is 2. The highest BCUT2D eigenvalue weighted by molar-refractivity contribution is 5.78. The van der Waals surface area contributed by atoms with Gasteiger partial charge in [-0.05, 0) is 24.6 Å². The van der Waals surface area contributed by atoms with E-state index in [0.29, 0.717) is 31.2 Å². The van der Waals surface area contributed by atoms with Crippen LogP contribution in [0.3, 0.4) is 0 Å². The molecule has 2 aliphatic rings. The third-order valence-corrected chi connectivity index (χ3v) is 4.67. The van der Waals surface area contributed by atoms with Gasteiger partial charge in [0, 0.05) is 31.8 Å². The summed E-state index contributed by atoms with van der Waals surface area (Å²) >= 11 is 0. The summed E-state index contributed by atoms with van der Waals surface area (Å²) in [5, 5.41) is 0. The molecular weight excluding hydrogens is 308 g/mol. The van der Waals surface area contributed by atoms with Crippen LogP contribution >= 0.6 is 0 Å². The van der Waals surface area contributed by atoms with Crippen LogP contribution in [0.15, 0.2) is 47.2 Å². The third-order valence-electron chi connectivity index (χ3n) is 4.67. The molecular formula is C18H20N2O4. The Kier molecular flexibility index (Phi) is 3.98. The first-order valence-corrected chi connectivity index (χ1v) is 8.24. The van der Waals surface area contributed by atoms with Gasteiger partial charge in [0.25, 0.3) is 0 Å². The Morgan fingerprint density at radius 3 is 3.12 bits per heavy atom. The summed E-state index contributed by atoms with van der Waals surface area (Å²) in [6.07, 6.45) is 5.23. The van der Waals surface area contributed by atoms with Gasteiger partial charge < -0.3 is 18.8 Å². The number of aromatic nitrogens is 1. The molecule has 0 saturated carbocycles. The van der Waals surface area contributed by atoms with Crippen molar-refractivity contribution in [2.24, 2.45) is 0 Å². The van der Waals surface area contributed by atoms with Crippen molar-refractivity contribution in [3.63, 3.8) is 0 Å². The van der Waals surface area contributed by atoms with E-state index in [1.54, 1.807) is 18.5 Å². The maximum absolute atomic E-state index is 12.4. The van der Waals surface area contributed by atoms with E-state index in [1.807, 2.05) is 29.2 Å². The lowest BCUT2D eigenvalue weighted by Crippen LogP contribution is -2.36. The number of likely N-dealkylation sites (tertiary alicyclic amines) is 1.